The number of rotatable bonds is 1. The standard InChI is InChI=1S/C8H11N3O/c1-6(12)10-7-5-9-11-4-2-3-8(7)11/h5H,2-4H2,1H3,(H,10,12). The van der Waals surface area contributed by atoms with Gasteiger partial charge in [0.2, 0.25) is 5.91 Å². The first-order valence-electron chi connectivity index (χ1n) is 4.09. The lowest BCUT2D eigenvalue weighted by molar-refractivity contribution is -0.114. The van der Waals surface area contributed by atoms with Crippen LogP contribution in [0.1, 0.15) is 19.0 Å². The summed E-state index contributed by atoms with van der Waals surface area (Å²) in [5.41, 5.74) is 2.03. The second-order valence-electron chi connectivity index (χ2n) is 3.01. The number of hydrogen-bond donors (Lipinski definition) is 1. The number of aryl methyl sites for hydroxylation is 1. The Kier molecular flexibility index (Phi) is 1.60. The second kappa shape index (κ2) is 2.62. The molecule has 12 heavy (non-hydrogen) atoms. The van der Waals surface area contributed by atoms with E-state index in [9.17, 15) is 4.79 Å². The molecule has 1 aromatic rings. The van der Waals surface area contributed by atoms with E-state index in [0.29, 0.717) is 0 Å². The Bertz CT molecular complexity index is 316. The molecule has 2 rings (SSSR count). The van der Waals surface area contributed by atoms with E-state index in [2.05, 4.69) is 10.4 Å². The Hall–Kier alpha value is -1.32. The van der Waals surface area contributed by atoms with Crippen LogP contribution in [-0.4, -0.2) is 15.7 Å². The molecule has 2 heterocycles. The van der Waals surface area contributed by atoms with Gasteiger partial charge in [-0.2, -0.15) is 5.10 Å². The quantitative estimate of drug-likeness (QED) is 0.668. The van der Waals surface area contributed by atoms with E-state index in [1.54, 1.807) is 6.20 Å². The molecule has 1 N–H and O–H groups in total. The SMILES string of the molecule is CC(=O)Nc1cnn2c1CCC2. The molecule has 0 aromatic carbocycles. The Balaban J connectivity index is 2.27. The molecule has 0 spiro atoms. The van der Waals surface area contributed by atoms with Gasteiger partial charge < -0.3 is 5.32 Å². The summed E-state index contributed by atoms with van der Waals surface area (Å²) in [7, 11) is 0. The van der Waals surface area contributed by atoms with Crippen LogP contribution in [0, 0.1) is 0 Å². The number of nitrogens with zero attached hydrogens (tertiary/aromatic N) is 2. The van der Waals surface area contributed by atoms with Gasteiger partial charge in [0.25, 0.3) is 0 Å². The number of carbonyl (C=O) groups is 1. The van der Waals surface area contributed by atoms with Crippen LogP contribution in [-0.2, 0) is 17.8 Å². The molecular weight excluding hydrogens is 154 g/mol. The molecule has 0 saturated heterocycles. The molecule has 1 aliphatic rings. The maximum absolute atomic E-state index is 10.8. The van der Waals surface area contributed by atoms with Crippen LogP contribution in [0.3, 0.4) is 0 Å². The Morgan fingerprint density at radius 1 is 1.75 bits per heavy atom. The normalized spacial score (nSPS) is 14.4. The van der Waals surface area contributed by atoms with Crippen molar-refractivity contribution in [1.29, 1.82) is 0 Å². The first-order chi connectivity index (χ1) is 5.77. The van der Waals surface area contributed by atoms with E-state index in [1.807, 2.05) is 4.68 Å². The highest BCUT2D eigenvalue weighted by molar-refractivity contribution is 5.89. The molecule has 0 fully saturated rings. The largest absolute Gasteiger partial charge is 0.323 e. The zero-order valence-corrected chi connectivity index (χ0v) is 7.00. The summed E-state index contributed by atoms with van der Waals surface area (Å²) < 4.78 is 1.95. The first kappa shape index (κ1) is 7.34. The van der Waals surface area contributed by atoms with Crippen molar-refractivity contribution in [2.24, 2.45) is 0 Å². The lowest BCUT2D eigenvalue weighted by atomic mass is 10.2. The molecule has 0 bridgehead atoms. The minimum atomic E-state index is -0.0299. The molecule has 1 amide bonds. The van der Waals surface area contributed by atoms with Crippen molar-refractivity contribution in [3.05, 3.63) is 11.9 Å². The highest BCUT2D eigenvalue weighted by Crippen LogP contribution is 2.22. The maximum Gasteiger partial charge on any atom is 0.221 e. The predicted octanol–water partition coefficient (Wildman–Crippen LogP) is 0.788. The first-order valence-corrected chi connectivity index (χ1v) is 4.09. The van der Waals surface area contributed by atoms with Gasteiger partial charge in [-0.3, -0.25) is 9.48 Å². The molecule has 0 saturated carbocycles. The van der Waals surface area contributed by atoms with Crippen LogP contribution in [0.25, 0.3) is 0 Å². The zero-order chi connectivity index (χ0) is 8.55. The summed E-state index contributed by atoms with van der Waals surface area (Å²) >= 11 is 0. The number of anilines is 1. The van der Waals surface area contributed by atoms with Gasteiger partial charge in [-0.25, -0.2) is 0 Å². The number of nitrogens with one attached hydrogen (secondary N) is 1. The van der Waals surface area contributed by atoms with E-state index in [-0.39, 0.29) is 5.91 Å². The minimum absolute atomic E-state index is 0.0299. The second-order valence-corrected chi connectivity index (χ2v) is 3.01. The fraction of sp³-hybridized carbons (Fsp3) is 0.500. The van der Waals surface area contributed by atoms with Crippen molar-refractivity contribution in [2.45, 2.75) is 26.3 Å². The van der Waals surface area contributed by atoms with E-state index in [4.69, 9.17) is 0 Å². The van der Waals surface area contributed by atoms with E-state index in [1.165, 1.54) is 6.92 Å². The third-order valence-electron chi connectivity index (χ3n) is 2.04. The predicted molar refractivity (Wildman–Crippen MR) is 44.9 cm³/mol. The lowest BCUT2D eigenvalue weighted by Gasteiger charge is -1.99. The summed E-state index contributed by atoms with van der Waals surface area (Å²) in [6.45, 7) is 2.49. The van der Waals surface area contributed by atoms with E-state index in [0.717, 1.165) is 30.8 Å². The van der Waals surface area contributed by atoms with Crippen molar-refractivity contribution in [3.8, 4) is 0 Å². The fourth-order valence-electron chi connectivity index (χ4n) is 1.56. The third kappa shape index (κ3) is 1.09. The van der Waals surface area contributed by atoms with Crippen LogP contribution in [0.5, 0.6) is 0 Å². The average molecular weight is 165 g/mol. The molecular formula is C8H11N3O. The lowest BCUT2D eigenvalue weighted by Crippen LogP contribution is -2.06. The van der Waals surface area contributed by atoms with E-state index >= 15 is 0 Å². The average Bonchev–Trinajstić information content (AvgIpc) is 2.52. The molecule has 64 valence electrons. The molecule has 1 aliphatic heterocycles. The summed E-state index contributed by atoms with van der Waals surface area (Å²) in [5.74, 6) is -0.0299. The van der Waals surface area contributed by atoms with Gasteiger partial charge >= 0.3 is 0 Å². The van der Waals surface area contributed by atoms with Crippen molar-refractivity contribution >= 4 is 11.6 Å². The number of fused-ring (bicyclic) bond motifs is 1. The third-order valence-corrected chi connectivity index (χ3v) is 2.04. The van der Waals surface area contributed by atoms with Gasteiger partial charge in [-0.05, 0) is 12.8 Å². The Morgan fingerprint density at radius 2 is 2.58 bits per heavy atom. The Morgan fingerprint density at radius 3 is 3.33 bits per heavy atom. The smallest absolute Gasteiger partial charge is 0.221 e. The van der Waals surface area contributed by atoms with Gasteiger partial charge in [-0.1, -0.05) is 0 Å². The number of hydrogen-bond acceptors (Lipinski definition) is 2. The summed E-state index contributed by atoms with van der Waals surface area (Å²) in [4.78, 5) is 10.8. The monoisotopic (exact) mass is 165 g/mol. The van der Waals surface area contributed by atoms with Gasteiger partial charge in [0.05, 0.1) is 17.6 Å². The number of aromatic nitrogens is 2. The molecule has 4 nitrogen and oxygen atoms in total. The molecule has 4 heteroatoms. The molecule has 0 radical (unpaired) electrons. The molecule has 1 aromatic heterocycles. The number of amides is 1. The van der Waals surface area contributed by atoms with Crippen molar-refractivity contribution in [3.63, 3.8) is 0 Å². The van der Waals surface area contributed by atoms with Gasteiger partial charge in [0, 0.05) is 13.5 Å². The topological polar surface area (TPSA) is 46.9 Å². The molecule has 0 aliphatic carbocycles. The Labute approximate surface area is 70.6 Å². The van der Waals surface area contributed by atoms with Crippen molar-refractivity contribution in [2.75, 3.05) is 5.32 Å². The summed E-state index contributed by atoms with van der Waals surface area (Å²) in [6.07, 6.45) is 3.88. The highest BCUT2D eigenvalue weighted by atomic mass is 16.1. The van der Waals surface area contributed by atoms with E-state index < -0.39 is 0 Å². The van der Waals surface area contributed by atoms with Crippen LogP contribution in [0.15, 0.2) is 6.20 Å². The van der Waals surface area contributed by atoms with Gasteiger partial charge in [0.1, 0.15) is 0 Å². The highest BCUT2D eigenvalue weighted by Gasteiger charge is 2.16. The van der Waals surface area contributed by atoms with Crippen molar-refractivity contribution in [1.82, 2.24) is 9.78 Å². The van der Waals surface area contributed by atoms with Crippen LogP contribution >= 0.6 is 0 Å². The van der Waals surface area contributed by atoms with Crippen molar-refractivity contribution < 1.29 is 4.79 Å². The fourth-order valence-corrected chi connectivity index (χ4v) is 1.56. The summed E-state index contributed by atoms with van der Waals surface area (Å²) in [5, 5.41) is 6.91. The van der Waals surface area contributed by atoms with Gasteiger partial charge in [0.15, 0.2) is 0 Å². The molecule has 0 unspecified atom stereocenters. The van der Waals surface area contributed by atoms with Crippen LogP contribution in [0.4, 0.5) is 5.69 Å². The minimum Gasteiger partial charge on any atom is -0.323 e. The number of carbonyl (C=O) groups excluding carboxylic acids is 1. The van der Waals surface area contributed by atoms with Gasteiger partial charge in [-0.15, -0.1) is 0 Å². The van der Waals surface area contributed by atoms with Crippen LogP contribution in [0.2, 0.25) is 0 Å². The molecule has 0 atom stereocenters. The zero-order valence-electron chi connectivity index (χ0n) is 7.00. The summed E-state index contributed by atoms with van der Waals surface area (Å²) in [6, 6.07) is 0. The maximum atomic E-state index is 10.8. The van der Waals surface area contributed by atoms with Crippen LogP contribution < -0.4 is 5.32 Å².